The zero-order chi connectivity index (χ0) is 15.0. The SMILES string of the molecule is CC(CC(=O)NCCCCN(C)C)c1ccc(N)cc1. The first-order valence-electron chi connectivity index (χ1n) is 7.26. The highest BCUT2D eigenvalue weighted by Crippen LogP contribution is 2.19. The number of nitrogens with one attached hydrogen (secondary N) is 1. The van der Waals surface area contributed by atoms with Gasteiger partial charge in [0.25, 0.3) is 0 Å². The Morgan fingerprint density at radius 3 is 2.50 bits per heavy atom. The molecule has 1 aromatic rings. The van der Waals surface area contributed by atoms with Crippen molar-refractivity contribution in [2.75, 3.05) is 32.9 Å². The molecule has 0 bridgehead atoms. The van der Waals surface area contributed by atoms with Gasteiger partial charge in [0.1, 0.15) is 0 Å². The summed E-state index contributed by atoms with van der Waals surface area (Å²) < 4.78 is 0. The van der Waals surface area contributed by atoms with E-state index in [2.05, 4.69) is 31.2 Å². The zero-order valence-corrected chi connectivity index (χ0v) is 12.9. The normalized spacial score (nSPS) is 12.4. The minimum atomic E-state index is 0.124. The largest absolute Gasteiger partial charge is 0.399 e. The van der Waals surface area contributed by atoms with Crippen LogP contribution in [-0.4, -0.2) is 38.0 Å². The molecule has 0 aliphatic carbocycles. The van der Waals surface area contributed by atoms with Crippen LogP contribution in [0.25, 0.3) is 0 Å². The van der Waals surface area contributed by atoms with Gasteiger partial charge in [-0.1, -0.05) is 19.1 Å². The zero-order valence-electron chi connectivity index (χ0n) is 12.9. The van der Waals surface area contributed by atoms with Crippen molar-refractivity contribution in [3.63, 3.8) is 0 Å². The summed E-state index contributed by atoms with van der Waals surface area (Å²) in [6.07, 6.45) is 2.67. The molecule has 1 rings (SSSR count). The molecule has 20 heavy (non-hydrogen) atoms. The average molecular weight is 277 g/mol. The fourth-order valence-corrected chi connectivity index (χ4v) is 2.07. The van der Waals surface area contributed by atoms with Gasteiger partial charge < -0.3 is 16.0 Å². The Morgan fingerprint density at radius 1 is 1.25 bits per heavy atom. The number of amides is 1. The molecule has 4 heteroatoms. The number of carbonyl (C=O) groups is 1. The maximum Gasteiger partial charge on any atom is 0.220 e. The average Bonchev–Trinajstić information content (AvgIpc) is 2.38. The van der Waals surface area contributed by atoms with Gasteiger partial charge in [-0.05, 0) is 57.1 Å². The molecule has 0 saturated carbocycles. The Bertz CT molecular complexity index is 401. The highest BCUT2D eigenvalue weighted by atomic mass is 16.1. The second kappa shape index (κ2) is 8.59. The van der Waals surface area contributed by atoms with Gasteiger partial charge in [0.05, 0.1) is 0 Å². The van der Waals surface area contributed by atoms with Crippen LogP contribution < -0.4 is 11.1 Å². The number of carbonyl (C=O) groups excluding carboxylic acids is 1. The maximum atomic E-state index is 11.8. The van der Waals surface area contributed by atoms with E-state index < -0.39 is 0 Å². The lowest BCUT2D eigenvalue weighted by molar-refractivity contribution is -0.121. The van der Waals surface area contributed by atoms with Crippen LogP contribution in [0.4, 0.5) is 5.69 Å². The summed E-state index contributed by atoms with van der Waals surface area (Å²) in [7, 11) is 4.12. The number of hydrogen-bond donors (Lipinski definition) is 2. The summed E-state index contributed by atoms with van der Waals surface area (Å²) in [5.41, 5.74) is 7.57. The monoisotopic (exact) mass is 277 g/mol. The van der Waals surface area contributed by atoms with Crippen LogP contribution in [0.2, 0.25) is 0 Å². The number of hydrogen-bond acceptors (Lipinski definition) is 3. The lowest BCUT2D eigenvalue weighted by Crippen LogP contribution is -2.26. The summed E-state index contributed by atoms with van der Waals surface area (Å²) in [6, 6.07) is 7.74. The van der Waals surface area contributed by atoms with E-state index in [1.54, 1.807) is 0 Å². The van der Waals surface area contributed by atoms with Crippen LogP contribution in [0.5, 0.6) is 0 Å². The molecule has 0 spiro atoms. The predicted molar refractivity (Wildman–Crippen MR) is 84.7 cm³/mol. The molecule has 0 saturated heterocycles. The first-order chi connectivity index (χ1) is 9.49. The van der Waals surface area contributed by atoms with Gasteiger partial charge in [-0.2, -0.15) is 0 Å². The Kier molecular flexibility index (Phi) is 7.09. The second-order valence-corrected chi connectivity index (χ2v) is 5.63. The molecule has 0 aromatic heterocycles. The van der Waals surface area contributed by atoms with E-state index >= 15 is 0 Å². The number of nitrogen functional groups attached to an aromatic ring is 1. The molecule has 4 nitrogen and oxygen atoms in total. The fourth-order valence-electron chi connectivity index (χ4n) is 2.07. The molecule has 0 aliphatic rings. The molecule has 1 unspecified atom stereocenters. The Hall–Kier alpha value is -1.55. The number of rotatable bonds is 8. The van der Waals surface area contributed by atoms with E-state index in [0.717, 1.165) is 37.2 Å². The number of nitrogens with two attached hydrogens (primary N) is 1. The molecule has 0 aliphatic heterocycles. The molecule has 1 aromatic carbocycles. The van der Waals surface area contributed by atoms with Crippen LogP contribution in [0, 0.1) is 0 Å². The van der Waals surface area contributed by atoms with Crippen LogP contribution in [0.15, 0.2) is 24.3 Å². The maximum absolute atomic E-state index is 11.8. The summed E-state index contributed by atoms with van der Waals surface area (Å²) in [6.45, 7) is 3.90. The molecule has 0 radical (unpaired) electrons. The Labute approximate surface area is 122 Å². The van der Waals surface area contributed by atoms with Crippen molar-refractivity contribution in [1.82, 2.24) is 10.2 Å². The van der Waals surface area contributed by atoms with Gasteiger partial charge in [-0.3, -0.25) is 4.79 Å². The van der Waals surface area contributed by atoms with Crippen molar-refractivity contribution in [2.45, 2.75) is 32.1 Å². The molecular formula is C16H27N3O. The van der Waals surface area contributed by atoms with Crippen molar-refractivity contribution in [3.8, 4) is 0 Å². The van der Waals surface area contributed by atoms with Crippen LogP contribution in [0.1, 0.15) is 37.7 Å². The highest BCUT2D eigenvalue weighted by molar-refractivity contribution is 5.76. The quantitative estimate of drug-likeness (QED) is 0.566. The molecule has 1 atom stereocenters. The van der Waals surface area contributed by atoms with E-state index in [9.17, 15) is 4.79 Å². The summed E-state index contributed by atoms with van der Waals surface area (Å²) >= 11 is 0. The topological polar surface area (TPSA) is 58.4 Å². The van der Waals surface area contributed by atoms with E-state index in [4.69, 9.17) is 5.73 Å². The first kappa shape index (κ1) is 16.5. The first-order valence-corrected chi connectivity index (χ1v) is 7.26. The number of benzene rings is 1. The standard InChI is InChI=1S/C16H27N3O/c1-13(14-6-8-15(17)9-7-14)12-16(20)18-10-4-5-11-19(2)3/h6-9,13H,4-5,10-12,17H2,1-3H3,(H,18,20). The van der Waals surface area contributed by atoms with Gasteiger partial charge >= 0.3 is 0 Å². The van der Waals surface area contributed by atoms with Crippen molar-refractivity contribution >= 4 is 11.6 Å². The molecule has 112 valence electrons. The number of unbranched alkanes of at least 4 members (excludes halogenated alkanes) is 1. The van der Waals surface area contributed by atoms with Gasteiger partial charge in [-0.25, -0.2) is 0 Å². The predicted octanol–water partition coefficient (Wildman–Crippen LogP) is 2.22. The van der Waals surface area contributed by atoms with E-state index in [1.807, 2.05) is 24.3 Å². The summed E-state index contributed by atoms with van der Waals surface area (Å²) in [5.74, 6) is 0.344. The third kappa shape index (κ3) is 6.57. The molecule has 0 fully saturated rings. The Morgan fingerprint density at radius 2 is 1.90 bits per heavy atom. The molecule has 0 heterocycles. The van der Waals surface area contributed by atoms with Crippen LogP contribution in [0.3, 0.4) is 0 Å². The number of nitrogens with zero attached hydrogens (tertiary/aromatic N) is 1. The minimum absolute atomic E-state index is 0.124. The minimum Gasteiger partial charge on any atom is -0.399 e. The van der Waals surface area contributed by atoms with E-state index in [0.29, 0.717) is 6.42 Å². The molecular weight excluding hydrogens is 250 g/mol. The number of anilines is 1. The lowest BCUT2D eigenvalue weighted by Gasteiger charge is -2.13. The fraction of sp³-hybridized carbons (Fsp3) is 0.562. The van der Waals surface area contributed by atoms with Crippen LogP contribution in [-0.2, 0) is 4.79 Å². The summed E-state index contributed by atoms with van der Waals surface area (Å²) in [5, 5.41) is 2.99. The molecule has 3 N–H and O–H groups in total. The smallest absolute Gasteiger partial charge is 0.220 e. The lowest BCUT2D eigenvalue weighted by atomic mass is 9.97. The van der Waals surface area contributed by atoms with Crippen molar-refractivity contribution in [2.24, 2.45) is 0 Å². The summed E-state index contributed by atoms with van der Waals surface area (Å²) in [4.78, 5) is 14.0. The third-order valence-corrected chi connectivity index (χ3v) is 3.35. The van der Waals surface area contributed by atoms with E-state index in [-0.39, 0.29) is 11.8 Å². The van der Waals surface area contributed by atoms with Crippen molar-refractivity contribution < 1.29 is 4.79 Å². The van der Waals surface area contributed by atoms with E-state index in [1.165, 1.54) is 0 Å². The second-order valence-electron chi connectivity index (χ2n) is 5.63. The van der Waals surface area contributed by atoms with Crippen molar-refractivity contribution in [1.29, 1.82) is 0 Å². The molecule has 1 amide bonds. The van der Waals surface area contributed by atoms with Gasteiger partial charge in [0.15, 0.2) is 0 Å². The Balaban J connectivity index is 2.23. The highest BCUT2D eigenvalue weighted by Gasteiger charge is 2.10. The van der Waals surface area contributed by atoms with Crippen molar-refractivity contribution in [3.05, 3.63) is 29.8 Å². The third-order valence-electron chi connectivity index (χ3n) is 3.35. The van der Waals surface area contributed by atoms with Gasteiger partial charge in [0, 0.05) is 18.7 Å². The van der Waals surface area contributed by atoms with Gasteiger partial charge in [-0.15, -0.1) is 0 Å². The van der Waals surface area contributed by atoms with Gasteiger partial charge in [0.2, 0.25) is 5.91 Å². The van der Waals surface area contributed by atoms with Crippen LogP contribution >= 0.6 is 0 Å².